The standard InChI is InChI=1S/C14H10N4O2S/c15-8-10-2-1-3-13(6-10)21(19,20)18-14-5-4-12(17)7-11(14)9-16/h1-7,18H,17H2. The Labute approximate surface area is 122 Å². The zero-order valence-electron chi connectivity index (χ0n) is 10.7. The van der Waals surface area contributed by atoms with Crippen LogP contribution in [-0.4, -0.2) is 8.42 Å². The van der Waals surface area contributed by atoms with Crippen LogP contribution >= 0.6 is 0 Å². The van der Waals surface area contributed by atoms with Gasteiger partial charge in [-0.25, -0.2) is 8.42 Å². The molecule has 2 aromatic rings. The van der Waals surface area contributed by atoms with E-state index in [0.717, 1.165) is 0 Å². The van der Waals surface area contributed by atoms with Crippen molar-refractivity contribution in [2.24, 2.45) is 0 Å². The third-order valence-electron chi connectivity index (χ3n) is 2.68. The summed E-state index contributed by atoms with van der Waals surface area (Å²) < 4.78 is 26.8. The fourth-order valence-electron chi connectivity index (χ4n) is 1.68. The van der Waals surface area contributed by atoms with Crippen LogP contribution in [0, 0.1) is 22.7 Å². The molecule has 0 unspecified atom stereocenters. The fraction of sp³-hybridized carbons (Fsp3) is 0. The Bertz CT molecular complexity index is 877. The molecule has 0 saturated carbocycles. The number of nitrogens with one attached hydrogen (secondary N) is 1. The molecule has 7 heteroatoms. The number of nitriles is 2. The third-order valence-corrected chi connectivity index (χ3v) is 4.05. The molecule has 0 bridgehead atoms. The predicted octanol–water partition coefficient (Wildman–Crippen LogP) is 1.81. The number of nitrogen functional groups attached to an aromatic ring is 1. The number of hydrogen-bond donors (Lipinski definition) is 2. The number of anilines is 2. The van der Waals surface area contributed by atoms with Crippen LogP contribution in [0.3, 0.4) is 0 Å². The van der Waals surface area contributed by atoms with Crippen molar-refractivity contribution < 1.29 is 8.42 Å². The van der Waals surface area contributed by atoms with Gasteiger partial charge in [-0.05, 0) is 36.4 Å². The second-order valence-corrected chi connectivity index (χ2v) is 5.84. The minimum absolute atomic E-state index is 0.0535. The van der Waals surface area contributed by atoms with E-state index in [2.05, 4.69) is 4.72 Å². The van der Waals surface area contributed by atoms with E-state index in [1.165, 1.54) is 42.5 Å². The van der Waals surface area contributed by atoms with Crippen LogP contribution in [0.1, 0.15) is 11.1 Å². The van der Waals surface area contributed by atoms with Gasteiger partial charge in [0, 0.05) is 5.69 Å². The number of nitrogens with zero attached hydrogens (tertiary/aromatic N) is 2. The normalized spacial score (nSPS) is 10.4. The Morgan fingerprint density at radius 2 is 1.81 bits per heavy atom. The molecular formula is C14H10N4O2S. The van der Waals surface area contributed by atoms with Crippen LogP contribution in [0.5, 0.6) is 0 Å². The Morgan fingerprint density at radius 1 is 1.05 bits per heavy atom. The monoisotopic (exact) mass is 298 g/mol. The lowest BCUT2D eigenvalue weighted by Crippen LogP contribution is -2.14. The van der Waals surface area contributed by atoms with Gasteiger partial charge >= 0.3 is 0 Å². The molecule has 2 aromatic carbocycles. The lowest BCUT2D eigenvalue weighted by Gasteiger charge is -2.10. The largest absolute Gasteiger partial charge is 0.399 e. The van der Waals surface area contributed by atoms with Crippen molar-refractivity contribution in [3.05, 3.63) is 53.6 Å². The van der Waals surface area contributed by atoms with Gasteiger partial charge in [0.25, 0.3) is 10.0 Å². The Hall–Kier alpha value is -3.03. The summed E-state index contributed by atoms with van der Waals surface area (Å²) >= 11 is 0. The number of benzene rings is 2. The molecule has 0 radical (unpaired) electrons. The van der Waals surface area contributed by atoms with E-state index >= 15 is 0 Å². The molecule has 0 aliphatic rings. The highest BCUT2D eigenvalue weighted by molar-refractivity contribution is 7.92. The van der Waals surface area contributed by atoms with E-state index in [4.69, 9.17) is 16.3 Å². The van der Waals surface area contributed by atoms with E-state index in [9.17, 15) is 8.42 Å². The van der Waals surface area contributed by atoms with E-state index in [1.807, 2.05) is 12.1 Å². The lowest BCUT2D eigenvalue weighted by atomic mass is 10.2. The molecule has 0 spiro atoms. The third kappa shape index (κ3) is 3.11. The number of nitrogens with two attached hydrogens (primary N) is 1. The number of sulfonamides is 1. The predicted molar refractivity (Wildman–Crippen MR) is 77.5 cm³/mol. The van der Waals surface area contributed by atoms with Crippen molar-refractivity contribution in [3.8, 4) is 12.1 Å². The Kier molecular flexibility index (Phi) is 3.79. The van der Waals surface area contributed by atoms with E-state index in [1.54, 1.807) is 0 Å². The summed E-state index contributed by atoms with van der Waals surface area (Å²) in [5, 5.41) is 17.8. The highest BCUT2D eigenvalue weighted by Gasteiger charge is 2.16. The van der Waals surface area contributed by atoms with Crippen LogP contribution in [0.25, 0.3) is 0 Å². The average molecular weight is 298 g/mol. The van der Waals surface area contributed by atoms with Gasteiger partial charge in [0.05, 0.1) is 27.8 Å². The number of rotatable bonds is 3. The summed E-state index contributed by atoms with van der Waals surface area (Å²) in [5.41, 5.74) is 6.40. The molecule has 0 saturated heterocycles. The van der Waals surface area contributed by atoms with Crippen molar-refractivity contribution in [1.29, 1.82) is 10.5 Å². The molecule has 0 amide bonds. The van der Waals surface area contributed by atoms with Gasteiger partial charge in [-0.2, -0.15) is 10.5 Å². The molecule has 21 heavy (non-hydrogen) atoms. The summed E-state index contributed by atoms with van der Waals surface area (Å²) in [4.78, 5) is -0.0535. The van der Waals surface area contributed by atoms with Crippen molar-refractivity contribution in [1.82, 2.24) is 0 Å². The van der Waals surface area contributed by atoms with Gasteiger partial charge in [0.15, 0.2) is 0 Å². The van der Waals surface area contributed by atoms with Crippen molar-refractivity contribution in [3.63, 3.8) is 0 Å². The molecule has 104 valence electrons. The first-order chi connectivity index (χ1) is 9.96. The summed E-state index contributed by atoms with van der Waals surface area (Å²) in [6.07, 6.45) is 0. The summed E-state index contributed by atoms with van der Waals surface area (Å²) in [6, 6.07) is 13.6. The maximum Gasteiger partial charge on any atom is 0.261 e. The first kappa shape index (κ1) is 14.4. The van der Waals surface area contributed by atoms with E-state index < -0.39 is 10.0 Å². The maximum atomic E-state index is 12.3. The van der Waals surface area contributed by atoms with Gasteiger partial charge in [-0.1, -0.05) is 6.07 Å². The second-order valence-electron chi connectivity index (χ2n) is 4.16. The molecule has 0 aliphatic heterocycles. The van der Waals surface area contributed by atoms with E-state index in [-0.39, 0.29) is 21.7 Å². The van der Waals surface area contributed by atoms with Crippen molar-refractivity contribution >= 4 is 21.4 Å². The van der Waals surface area contributed by atoms with Crippen molar-refractivity contribution in [2.45, 2.75) is 4.90 Å². The van der Waals surface area contributed by atoms with Crippen LogP contribution in [0.2, 0.25) is 0 Å². The minimum Gasteiger partial charge on any atom is -0.399 e. The van der Waals surface area contributed by atoms with Crippen LogP contribution in [0.15, 0.2) is 47.4 Å². The number of hydrogen-bond acceptors (Lipinski definition) is 5. The first-order valence-corrected chi connectivity index (χ1v) is 7.27. The van der Waals surface area contributed by atoms with Gasteiger partial charge in [0.1, 0.15) is 6.07 Å². The van der Waals surface area contributed by atoms with E-state index in [0.29, 0.717) is 5.69 Å². The molecule has 0 atom stereocenters. The van der Waals surface area contributed by atoms with Gasteiger partial charge in [-0.3, -0.25) is 4.72 Å². The first-order valence-electron chi connectivity index (χ1n) is 5.79. The molecule has 6 nitrogen and oxygen atoms in total. The highest BCUT2D eigenvalue weighted by Crippen LogP contribution is 2.22. The Balaban J connectivity index is 2.43. The second kappa shape index (κ2) is 5.53. The summed E-state index contributed by atoms with van der Waals surface area (Å²) in [5.74, 6) is 0. The summed E-state index contributed by atoms with van der Waals surface area (Å²) in [6.45, 7) is 0. The summed E-state index contributed by atoms with van der Waals surface area (Å²) in [7, 11) is -3.88. The molecule has 0 aromatic heterocycles. The SMILES string of the molecule is N#Cc1cccc(S(=O)(=O)Nc2ccc(N)cc2C#N)c1. The molecule has 0 heterocycles. The lowest BCUT2D eigenvalue weighted by molar-refractivity contribution is 0.601. The molecular weight excluding hydrogens is 288 g/mol. The minimum atomic E-state index is -3.88. The van der Waals surface area contributed by atoms with Gasteiger partial charge in [-0.15, -0.1) is 0 Å². The fourth-order valence-corrected chi connectivity index (χ4v) is 2.81. The smallest absolute Gasteiger partial charge is 0.261 e. The van der Waals surface area contributed by atoms with Crippen molar-refractivity contribution in [2.75, 3.05) is 10.5 Å². The van der Waals surface area contributed by atoms with Gasteiger partial charge in [0.2, 0.25) is 0 Å². The highest BCUT2D eigenvalue weighted by atomic mass is 32.2. The topological polar surface area (TPSA) is 120 Å². The van der Waals surface area contributed by atoms with Crippen LogP contribution in [-0.2, 0) is 10.0 Å². The average Bonchev–Trinajstić information content (AvgIpc) is 2.49. The quantitative estimate of drug-likeness (QED) is 0.837. The molecule has 0 fully saturated rings. The zero-order chi connectivity index (χ0) is 15.5. The zero-order valence-corrected chi connectivity index (χ0v) is 11.6. The van der Waals surface area contributed by atoms with Crippen LogP contribution in [0.4, 0.5) is 11.4 Å². The van der Waals surface area contributed by atoms with Gasteiger partial charge < -0.3 is 5.73 Å². The van der Waals surface area contributed by atoms with Crippen LogP contribution < -0.4 is 10.5 Å². The molecule has 0 aliphatic carbocycles. The Morgan fingerprint density at radius 3 is 2.48 bits per heavy atom. The molecule has 2 rings (SSSR count). The molecule has 3 N–H and O–H groups in total. The maximum absolute atomic E-state index is 12.3.